The lowest BCUT2D eigenvalue weighted by Gasteiger charge is -2.25. The second-order valence-electron chi connectivity index (χ2n) is 5.86. The van der Waals surface area contributed by atoms with E-state index in [0.717, 1.165) is 4.57 Å². The van der Waals surface area contributed by atoms with Gasteiger partial charge in [0.05, 0.1) is 23.8 Å². The highest BCUT2D eigenvalue weighted by molar-refractivity contribution is 9.10. The number of aromatic amines is 1. The first-order valence-corrected chi connectivity index (χ1v) is 9.09. The molecule has 0 spiro atoms. The lowest BCUT2D eigenvalue weighted by atomic mass is 9.88. The van der Waals surface area contributed by atoms with Crippen LogP contribution in [0.5, 0.6) is 0 Å². The van der Waals surface area contributed by atoms with Crippen molar-refractivity contribution in [2.24, 2.45) is 11.8 Å². The molecule has 144 valence electrons. The third-order valence-electron chi connectivity index (χ3n) is 4.05. The summed E-state index contributed by atoms with van der Waals surface area (Å²) in [6, 6.07) is 0. The second kappa shape index (κ2) is 8.63. The summed E-state index contributed by atoms with van der Waals surface area (Å²) in [4.78, 5) is 50.8. The maximum Gasteiger partial charge on any atom is 0.330 e. The van der Waals surface area contributed by atoms with Crippen LogP contribution in [0.4, 0.5) is 0 Å². The number of carbonyl (C=O) groups excluding carboxylic acids is 2. The molecule has 0 saturated carbocycles. The van der Waals surface area contributed by atoms with Gasteiger partial charge in [-0.15, -0.1) is 0 Å². The number of aromatic nitrogens is 2. The molecule has 0 unspecified atom stereocenters. The van der Waals surface area contributed by atoms with Crippen LogP contribution in [-0.2, 0) is 23.8 Å². The van der Waals surface area contributed by atoms with Gasteiger partial charge in [-0.25, -0.2) is 4.79 Å². The Hall–Kier alpha value is -1.94. The fraction of sp³-hybridized carbons (Fsp3) is 0.625. The molecule has 26 heavy (non-hydrogen) atoms. The fourth-order valence-corrected chi connectivity index (χ4v) is 3.35. The van der Waals surface area contributed by atoms with Gasteiger partial charge >= 0.3 is 17.6 Å². The highest BCUT2D eigenvalue weighted by Crippen LogP contribution is 2.39. The minimum Gasteiger partial charge on any atom is -0.465 e. The normalized spacial score (nSPS) is 22.4. The number of nitrogens with zero attached hydrogens (tertiary/aromatic N) is 1. The molecular formula is C16H21BrN2O7. The summed E-state index contributed by atoms with van der Waals surface area (Å²) < 4.78 is 17.1. The predicted octanol–water partition coefficient (Wildman–Crippen LogP) is 0.965. The van der Waals surface area contributed by atoms with Crippen LogP contribution >= 0.6 is 15.9 Å². The van der Waals surface area contributed by atoms with E-state index in [1.54, 1.807) is 20.8 Å². The van der Waals surface area contributed by atoms with Crippen molar-refractivity contribution in [2.75, 3.05) is 13.2 Å². The summed E-state index contributed by atoms with van der Waals surface area (Å²) in [5.41, 5.74) is -1.28. The van der Waals surface area contributed by atoms with E-state index in [9.17, 15) is 19.2 Å². The Labute approximate surface area is 157 Å². The third kappa shape index (κ3) is 4.24. The summed E-state index contributed by atoms with van der Waals surface area (Å²) in [7, 11) is 0. The Balaban J connectivity index is 2.47. The van der Waals surface area contributed by atoms with Gasteiger partial charge in [0.1, 0.15) is 6.23 Å². The number of hydrogen-bond acceptors (Lipinski definition) is 7. The molecule has 1 aliphatic heterocycles. The van der Waals surface area contributed by atoms with Crippen molar-refractivity contribution < 1.29 is 23.8 Å². The van der Waals surface area contributed by atoms with Crippen molar-refractivity contribution in [2.45, 2.75) is 39.5 Å². The zero-order chi connectivity index (χ0) is 19.4. The molecule has 1 aromatic rings. The molecule has 0 radical (unpaired) electrons. The highest BCUT2D eigenvalue weighted by atomic mass is 79.9. The van der Waals surface area contributed by atoms with E-state index in [2.05, 4.69) is 20.9 Å². The summed E-state index contributed by atoms with van der Waals surface area (Å²) >= 11 is 3.06. The molecule has 1 aromatic heterocycles. The average molecular weight is 433 g/mol. The van der Waals surface area contributed by atoms with Crippen LogP contribution < -0.4 is 11.2 Å². The molecule has 0 bridgehead atoms. The van der Waals surface area contributed by atoms with Gasteiger partial charge in [0.2, 0.25) is 0 Å². The lowest BCUT2D eigenvalue weighted by molar-refractivity contribution is -0.167. The largest absolute Gasteiger partial charge is 0.465 e. The number of hydrogen-bond donors (Lipinski definition) is 1. The molecule has 9 nitrogen and oxygen atoms in total. The quantitative estimate of drug-likeness (QED) is 0.525. The first-order chi connectivity index (χ1) is 12.3. The van der Waals surface area contributed by atoms with E-state index < -0.39 is 41.3 Å². The van der Waals surface area contributed by atoms with Crippen LogP contribution in [0.1, 0.15) is 33.4 Å². The Morgan fingerprint density at radius 3 is 2.42 bits per heavy atom. The zero-order valence-electron chi connectivity index (χ0n) is 14.7. The number of ether oxygens (including phenoxy) is 3. The summed E-state index contributed by atoms with van der Waals surface area (Å²) in [6.07, 6.45) is 0.388. The van der Waals surface area contributed by atoms with E-state index in [1.165, 1.54) is 6.20 Å². The summed E-state index contributed by atoms with van der Waals surface area (Å²) in [6.45, 7) is 5.25. The van der Waals surface area contributed by atoms with Crippen LogP contribution in [0.15, 0.2) is 20.3 Å². The number of nitrogens with one attached hydrogen (secondary N) is 1. The Morgan fingerprint density at radius 2 is 1.88 bits per heavy atom. The van der Waals surface area contributed by atoms with Gasteiger partial charge in [0.15, 0.2) is 5.92 Å². The molecule has 1 aliphatic rings. The average Bonchev–Trinajstić information content (AvgIpc) is 2.92. The maximum atomic E-state index is 12.4. The monoisotopic (exact) mass is 432 g/mol. The zero-order valence-corrected chi connectivity index (χ0v) is 16.3. The summed E-state index contributed by atoms with van der Waals surface area (Å²) in [5, 5.41) is 0. The number of carbonyl (C=O) groups is 2. The van der Waals surface area contributed by atoms with E-state index in [4.69, 9.17) is 14.2 Å². The molecule has 1 fully saturated rings. The first kappa shape index (κ1) is 20.4. The van der Waals surface area contributed by atoms with Gasteiger partial charge in [-0.1, -0.05) is 0 Å². The summed E-state index contributed by atoms with van der Waals surface area (Å²) in [5.74, 6) is -3.37. The Bertz CT molecular complexity index is 770. The van der Waals surface area contributed by atoms with E-state index in [-0.39, 0.29) is 23.8 Å². The van der Waals surface area contributed by atoms with Crippen LogP contribution in [-0.4, -0.2) is 40.8 Å². The molecule has 0 amide bonds. The number of H-pyrrole nitrogens is 1. The van der Waals surface area contributed by atoms with E-state index in [1.807, 2.05) is 0 Å². The minimum absolute atomic E-state index is 0.104. The predicted molar refractivity (Wildman–Crippen MR) is 93.5 cm³/mol. The van der Waals surface area contributed by atoms with Gasteiger partial charge in [0, 0.05) is 12.1 Å². The topological polar surface area (TPSA) is 117 Å². The van der Waals surface area contributed by atoms with Crippen molar-refractivity contribution in [3.8, 4) is 0 Å². The third-order valence-corrected chi connectivity index (χ3v) is 4.61. The standard InChI is InChI=1S/C16H21BrN2O7/c1-4-24-14(21)11(15(22)25-5-2)9-6-8(3)26-13(9)19-7-10(17)12(20)18-16(19)23/h7-9,11,13H,4-6H2,1-3H3,(H,18,20,23)/t8-,9+,13-/m1/s1. The van der Waals surface area contributed by atoms with E-state index >= 15 is 0 Å². The Morgan fingerprint density at radius 1 is 1.31 bits per heavy atom. The molecule has 1 saturated heterocycles. The van der Waals surface area contributed by atoms with Crippen molar-refractivity contribution in [1.82, 2.24) is 9.55 Å². The van der Waals surface area contributed by atoms with Crippen LogP contribution in [0.25, 0.3) is 0 Å². The van der Waals surface area contributed by atoms with Crippen molar-refractivity contribution in [1.29, 1.82) is 0 Å². The number of rotatable bonds is 6. The van der Waals surface area contributed by atoms with Crippen LogP contribution in [0, 0.1) is 11.8 Å². The van der Waals surface area contributed by atoms with Gasteiger partial charge < -0.3 is 14.2 Å². The van der Waals surface area contributed by atoms with E-state index in [0.29, 0.717) is 6.42 Å². The minimum atomic E-state index is -1.23. The lowest BCUT2D eigenvalue weighted by Crippen LogP contribution is -2.40. The molecule has 2 rings (SSSR count). The van der Waals surface area contributed by atoms with Crippen molar-refractivity contribution in [3.63, 3.8) is 0 Å². The SMILES string of the molecule is CCOC(=O)C(C(=O)OCC)[C@@H]1C[C@@H](C)O[C@H]1n1cc(Br)c(=O)[nH]c1=O. The van der Waals surface area contributed by atoms with Gasteiger partial charge in [-0.3, -0.25) is 23.9 Å². The molecule has 10 heteroatoms. The molecule has 0 aliphatic carbocycles. The molecule has 0 aromatic carbocycles. The van der Waals surface area contributed by atoms with Crippen LogP contribution in [0.2, 0.25) is 0 Å². The molecular weight excluding hydrogens is 412 g/mol. The fourth-order valence-electron chi connectivity index (χ4n) is 3.03. The molecule has 2 heterocycles. The first-order valence-electron chi connectivity index (χ1n) is 8.29. The highest BCUT2D eigenvalue weighted by Gasteiger charge is 2.48. The van der Waals surface area contributed by atoms with Crippen LogP contribution in [0.3, 0.4) is 0 Å². The number of halogens is 1. The van der Waals surface area contributed by atoms with Gasteiger partial charge in [0.25, 0.3) is 5.56 Å². The van der Waals surface area contributed by atoms with Gasteiger partial charge in [-0.05, 0) is 43.1 Å². The molecule has 3 atom stereocenters. The Kier molecular flexibility index (Phi) is 6.76. The second-order valence-corrected chi connectivity index (χ2v) is 6.72. The van der Waals surface area contributed by atoms with Gasteiger partial charge in [-0.2, -0.15) is 0 Å². The maximum absolute atomic E-state index is 12.4. The smallest absolute Gasteiger partial charge is 0.330 e. The van der Waals surface area contributed by atoms with Crippen molar-refractivity contribution >= 4 is 27.9 Å². The molecule has 1 N–H and O–H groups in total. The number of esters is 2. The van der Waals surface area contributed by atoms with Crippen molar-refractivity contribution in [3.05, 3.63) is 31.5 Å².